The fourth-order valence-electron chi connectivity index (χ4n) is 4.00. The van der Waals surface area contributed by atoms with Crippen LogP contribution < -0.4 is 10.9 Å². The van der Waals surface area contributed by atoms with Gasteiger partial charge in [-0.3, -0.25) is 14.9 Å². The molecule has 11 heteroatoms. The van der Waals surface area contributed by atoms with Gasteiger partial charge in [-0.1, -0.05) is 18.7 Å². The van der Waals surface area contributed by atoms with Gasteiger partial charge in [-0.05, 0) is 50.7 Å². The Morgan fingerprint density at radius 3 is 3.00 bits per heavy atom. The zero-order valence-corrected chi connectivity index (χ0v) is 19.4. The normalized spacial score (nSPS) is 15.8. The topological polar surface area (TPSA) is 127 Å². The molecule has 1 aliphatic carbocycles. The first-order valence-electron chi connectivity index (χ1n) is 10.3. The Morgan fingerprint density at radius 2 is 2.16 bits per heavy atom. The number of aromatic nitrogens is 4. The van der Waals surface area contributed by atoms with Crippen molar-refractivity contribution in [3.63, 3.8) is 0 Å². The third kappa shape index (κ3) is 3.86. The molecule has 166 valence electrons. The predicted molar refractivity (Wildman–Crippen MR) is 122 cm³/mol. The standard InChI is InChI=1S/C21H21N5O4S2/c1-9-4-5-13-12(6-9)7-14(32-13)19-25-26-21(30-19)31-8-15(27)22-20-17-16(11(3)29-20)10(2)23-24-18(17)28/h7,9H,4-6,8H2,1-3H3,(H,22,27)(H,24,28). The van der Waals surface area contributed by atoms with Gasteiger partial charge in [0.15, 0.2) is 0 Å². The number of nitrogens with zero attached hydrogens (tertiary/aromatic N) is 3. The minimum Gasteiger partial charge on any atom is -0.444 e. The summed E-state index contributed by atoms with van der Waals surface area (Å²) in [6.45, 7) is 5.76. The van der Waals surface area contributed by atoms with E-state index in [2.05, 4.69) is 38.7 Å². The van der Waals surface area contributed by atoms with Crippen molar-refractivity contribution in [2.24, 2.45) is 5.92 Å². The van der Waals surface area contributed by atoms with Gasteiger partial charge in [-0.25, -0.2) is 5.10 Å². The van der Waals surface area contributed by atoms with Crippen molar-refractivity contribution in [3.05, 3.63) is 38.3 Å². The molecule has 0 saturated heterocycles. The Hall–Kier alpha value is -2.92. The lowest BCUT2D eigenvalue weighted by atomic mass is 9.90. The summed E-state index contributed by atoms with van der Waals surface area (Å²) in [6, 6.07) is 2.14. The number of thioether (sulfide) groups is 1. The van der Waals surface area contributed by atoms with E-state index in [4.69, 9.17) is 8.83 Å². The Balaban J connectivity index is 1.26. The van der Waals surface area contributed by atoms with Gasteiger partial charge in [0.2, 0.25) is 11.8 Å². The Kier molecular flexibility index (Phi) is 5.38. The first-order chi connectivity index (χ1) is 15.4. The number of thiophene rings is 1. The van der Waals surface area contributed by atoms with Gasteiger partial charge < -0.3 is 8.83 Å². The van der Waals surface area contributed by atoms with E-state index in [0.29, 0.717) is 33.9 Å². The van der Waals surface area contributed by atoms with Gasteiger partial charge in [0.05, 0.1) is 21.7 Å². The van der Waals surface area contributed by atoms with Gasteiger partial charge in [-0.15, -0.1) is 21.5 Å². The second-order valence-corrected chi connectivity index (χ2v) is 10.1. The van der Waals surface area contributed by atoms with Crippen LogP contribution in [0.25, 0.3) is 21.5 Å². The van der Waals surface area contributed by atoms with Crippen LogP contribution in [0.3, 0.4) is 0 Å². The van der Waals surface area contributed by atoms with E-state index >= 15 is 0 Å². The number of amides is 1. The molecule has 1 amide bonds. The third-order valence-electron chi connectivity index (χ3n) is 5.52. The van der Waals surface area contributed by atoms with E-state index in [9.17, 15) is 9.59 Å². The highest BCUT2D eigenvalue weighted by Gasteiger charge is 2.22. The molecule has 4 heterocycles. The van der Waals surface area contributed by atoms with Crippen molar-refractivity contribution < 1.29 is 13.6 Å². The molecule has 0 spiro atoms. The quantitative estimate of drug-likeness (QED) is 0.417. The molecule has 32 heavy (non-hydrogen) atoms. The lowest BCUT2D eigenvalue weighted by Gasteiger charge is -2.16. The van der Waals surface area contributed by atoms with E-state index in [1.54, 1.807) is 25.2 Å². The molecular weight excluding hydrogens is 450 g/mol. The molecule has 1 unspecified atom stereocenters. The number of hydrogen-bond acceptors (Lipinski definition) is 9. The van der Waals surface area contributed by atoms with E-state index in [1.165, 1.54) is 16.9 Å². The lowest BCUT2D eigenvalue weighted by molar-refractivity contribution is -0.113. The molecule has 1 aliphatic rings. The summed E-state index contributed by atoms with van der Waals surface area (Å²) < 4.78 is 11.4. The number of H-pyrrole nitrogens is 1. The molecule has 1 atom stereocenters. The molecule has 0 bridgehead atoms. The summed E-state index contributed by atoms with van der Waals surface area (Å²) in [5.74, 6) is 1.49. The van der Waals surface area contributed by atoms with Crippen molar-refractivity contribution in [1.29, 1.82) is 0 Å². The minimum atomic E-state index is -0.417. The number of hydrogen-bond donors (Lipinski definition) is 2. The second-order valence-electron chi connectivity index (χ2n) is 7.99. The lowest BCUT2D eigenvalue weighted by Crippen LogP contribution is -2.16. The molecule has 2 N–H and O–H groups in total. The number of carbonyl (C=O) groups is 1. The average molecular weight is 472 g/mol. The number of carbonyl (C=O) groups excluding carboxylic acids is 1. The first kappa shape index (κ1) is 21.0. The predicted octanol–water partition coefficient (Wildman–Crippen LogP) is 4.10. The zero-order valence-electron chi connectivity index (χ0n) is 17.8. The van der Waals surface area contributed by atoms with E-state index in [1.807, 2.05) is 0 Å². The summed E-state index contributed by atoms with van der Waals surface area (Å²) in [6.07, 6.45) is 3.39. The van der Waals surface area contributed by atoms with Gasteiger partial charge >= 0.3 is 0 Å². The fourth-order valence-corrected chi connectivity index (χ4v) is 5.69. The van der Waals surface area contributed by atoms with Gasteiger partial charge in [0, 0.05) is 4.88 Å². The molecule has 0 saturated carbocycles. The van der Waals surface area contributed by atoms with Gasteiger partial charge in [0.25, 0.3) is 16.7 Å². The maximum atomic E-state index is 12.5. The number of rotatable bonds is 5. The van der Waals surface area contributed by atoms with Crippen molar-refractivity contribution in [1.82, 2.24) is 20.4 Å². The van der Waals surface area contributed by atoms with Crippen molar-refractivity contribution in [3.8, 4) is 10.8 Å². The van der Waals surface area contributed by atoms with Crippen molar-refractivity contribution >= 4 is 45.7 Å². The van der Waals surface area contributed by atoms with E-state index in [0.717, 1.165) is 29.5 Å². The molecule has 0 aromatic carbocycles. The SMILES string of the molecule is Cc1n[nH]c(=O)c2c(NC(=O)CSc3nnc(-c4cc5c(s4)CCC(C)C5)o3)oc(C)c12. The number of nitrogens with one attached hydrogen (secondary N) is 2. The summed E-state index contributed by atoms with van der Waals surface area (Å²) in [5, 5.41) is 18.4. The molecule has 0 radical (unpaired) electrons. The number of anilines is 1. The molecule has 0 aliphatic heterocycles. The summed E-state index contributed by atoms with van der Waals surface area (Å²) in [4.78, 5) is 27.0. The molecule has 0 fully saturated rings. The van der Waals surface area contributed by atoms with E-state index < -0.39 is 5.56 Å². The molecule has 4 aromatic rings. The van der Waals surface area contributed by atoms with Crippen LogP contribution in [0.1, 0.15) is 35.2 Å². The van der Waals surface area contributed by atoms with Crippen LogP contribution in [0.2, 0.25) is 0 Å². The van der Waals surface area contributed by atoms with Crippen LogP contribution in [-0.2, 0) is 17.6 Å². The maximum Gasteiger partial charge on any atom is 0.277 e. The Bertz CT molecular complexity index is 1380. The van der Waals surface area contributed by atoms with Crippen molar-refractivity contribution in [2.45, 2.75) is 45.3 Å². The van der Waals surface area contributed by atoms with Crippen LogP contribution in [0, 0.1) is 19.8 Å². The molecule has 9 nitrogen and oxygen atoms in total. The summed E-state index contributed by atoms with van der Waals surface area (Å²) in [5.41, 5.74) is 1.58. The largest absolute Gasteiger partial charge is 0.444 e. The minimum absolute atomic E-state index is 0.0311. The number of aryl methyl sites for hydroxylation is 3. The Labute approximate surface area is 191 Å². The monoisotopic (exact) mass is 471 g/mol. The third-order valence-corrected chi connectivity index (χ3v) is 7.57. The Morgan fingerprint density at radius 1 is 1.31 bits per heavy atom. The zero-order chi connectivity index (χ0) is 22.4. The fraction of sp³-hybridized carbons (Fsp3) is 0.381. The molecular formula is C21H21N5O4S2. The maximum absolute atomic E-state index is 12.5. The second kappa shape index (κ2) is 8.21. The van der Waals surface area contributed by atoms with Gasteiger partial charge in [-0.2, -0.15) is 5.10 Å². The van der Waals surface area contributed by atoms with Crippen LogP contribution in [0.4, 0.5) is 5.88 Å². The summed E-state index contributed by atoms with van der Waals surface area (Å²) in [7, 11) is 0. The van der Waals surface area contributed by atoms with E-state index in [-0.39, 0.29) is 22.9 Å². The molecule has 5 rings (SSSR count). The highest BCUT2D eigenvalue weighted by molar-refractivity contribution is 7.99. The van der Waals surface area contributed by atoms with Gasteiger partial charge in [0.1, 0.15) is 11.1 Å². The van der Waals surface area contributed by atoms with Crippen LogP contribution in [0.5, 0.6) is 0 Å². The number of furan rings is 1. The summed E-state index contributed by atoms with van der Waals surface area (Å²) >= 11 is 2.83. The highest BCUT2D eigenvalue weighted by atomic mass is 32.2. The first-order valence-corrected chi connectivity index (χ1v) is 12.1. The van der Waals surface area contributed by atoms with Crippen LogP contribution in [-0.4, -0.2) is 32.1 Å². The number of aromatic amines is 1. The van der Waals surface area contributed by atoms with Crippen LogP contribution in [0.15, 0.2) is 24.9 Å². The average Bonchev–Trinajstić information content (AvgIpc) is 3.46. The van der Waals surface area contributed by atoms with Crippen LogP contribution >= 0.6 is 23.1 Å². The molecule has 4 aromatic heterocycles. The number of fused-ring (bicyclic) bond motifs is 2. The van der Waals surface area contributed by atoms with Crippen molar-refractivity contribution in [2.75, 3.05) is 11.1 Å². The highest BCUT2D eigenvalue weighted by Crippen LogP contribution is 2.37. The smallest absolute Gasteiger partial charge is 0.277 e.